The van der Waals surface area contributed by atoms with Crippen molar-refractivity contribution >= 4 is 21.7 Å². The highest BCUT2D eigenvalue weighted by Crippen LogP contribution is 2.43. The van der Waals surface area contributed by atoms with Crippen LogP contribution in [0.5, 0.6) is 0 Å². The summed E-state index contributed by atoms with van der Waals surface area (Å²) in [7, 11) is -4.09. The van der Waals surface area contributed by atoms with Crippen LogP contribution in [0.15, 0.2) is 35.4 Å². The van der Waals surface area contributed by atoms with Gasteiger partial charge >= 0.3 is 0 Å². The molecule has 0 radical (unpaired) electrons. The maximum absolute atomic E-state index is 13.3. The zero-order valence-corrected chi connectivity index (χ0v) is 25.0. The number of aromatic nitrogens is 2. The predicted molar refractivity (Wildman–Crippen MR) is 153 cm³/mol. The summed E-state index contributed by atoms with van der Waals surface area (Å²) in [6.07, 6.45) is 1.60. The van der Waals surface area contributed by atoms with Crippen LogP contribution < -0.4 is 14.9 Å². The Morgan fingerprint density at radius 2 is 1.79 bits per heavy atom. The van der Waals surface area contributed by atoms with Gasteiger partial charge in [-0.3, -0.25) is 0 Å². The minimum absolute atomic E-state index is 0.133. The lowest BCUT2D eigenvalue weighted by Gasteiger charge is -2.35. The van der Waals surface area contributed by atoms with Crippen molar-refractivity contribution in [3.63, 3.8) is 0 Å². The number of fused-ring (bicyclic) bond motifs is 6. The average Bonchev–Trinajstić information content (AvgIpc) is 3.08. The van der Waals surface area contributed by atoms with E-state index in [1.807, 2.05) is 12.1 Å². The third kappa shape index (κ3) is 6.49. The molecule has 4 bridgehead atoms. The summed E-state index contributed by atoms with van der Waals surface area (Å²) >= 11 is 0. The molecule has 2 aliphatic heterocycles. The molecule has 3 atom stereocenters. The molecule has 1 saturated heterocycles. The normalized spacial score (nSPS) is 25.6. The first-order valence-corrected chi connectivity index (χ1v) is 15.1. The summed E-state index contributed by atoms with van der Waals surface area (Å²) in [6.45, 7) is 19.0. The minimum Gasteiger partial charge on any atom is -0.373 e. The second-order valence-corrected chi connectivity index (χ2v) is 15.6. The molecule has 2 unspecified atom stereocenters. The third-order valence-corrected chi connectivity index (χ3v) is 8.90. The second-order valence-electron chi connectivity index (χ2n) is 14.0. The van der Waals surface area contributed by atoms with Crippen molar-refractivity contribution in [2.45, 2.75) is 96.9 Å². The Balaban J connectivity index is 1.84. The molecule has 1 fully saturated rings. The van der Waals surface area contributed by atoms with E-state index in [0.717, 1.165) is 31.5 Å². The van der Waals surface area contributed by atoms with E-state index >= 15 is 0 Å². The molecule has 38 heavy (non-hydrogen) atoms. The lowest BCUT2D eigenvalue weighted by Crippen LogP contribution is -2.41. The Morgan fingerprint density at radius 3 is 2.45 bits per heavy atom. The molecule has 9 heteroatoms. The first-order chi connectivity index (χ1) is 17.4. The second kappa shape index (κ2) is 10.1. The van der Waals surface area contributed by atoms with E-state index in [-0.39, 0.29) is 21.4 Å². The first-order valence-electron chi connectivity index (χ1n) is 13.6. The van der Waals surface area contributed by atoms with Crippen molar-refractivity contribution in [1.29, 1.82) is 0 Å². The summed E-state index contributed by atoms with van der Waals surface area (Å²) in [6, 6.07) is 8.60. The summed E-state index contributed by atoms with van der Waals surface area (Å²) in [5.74, 6) is 1.98. The van der Waals surface area contributed by atoms with Gasteiger partial charge < -0.3 is 15.3 Å². The molecule has 0 aromatic carbocycles. The highest BCUT2D eigenvalue weighted by molar-refractivity contribution is 7.89. The van der Waals surface area contributed by atoms with Crippen molar-refractivity contribution in [1.82, 2.24) is 14.7 Å². The third-order valence-electron chi connectivity index (χ3n) is 7.59. The van der Waals surface area contributed by atoms with Crippen molar-refractivity contribution in [2.24, 2.45) is 17.3 Å². The minimum atomic E-state index is -4.09. The zero-order valence-electron chi connectivity index (χ0n) is 24.2. The van der Waals surface area contributed by atoms with Gasteiger partial charge in [0.15, 0.2) is 5.03 Å². The molecule has 2 aromatic rings. The molecule has 0 saturated carbocycles. The van der Waals surface area contributed by atoms with Crippen LogP contribution in [0.4, 0.5) is 11.6 Å². The summed E-state index contributed by atoms with van der Waals surface area (Å²) in [4.78, 5) is 11.7. The standard InChI is InChI=1S/C29H45N5O3S/c1-27(2,3)15-19-14-20-16-29(7,8)34(18-20)25-21(12-13-22(31-25)28(4,5)6)26(35)33-38(36,37)24-11-9-10-23(32-24)30-17-19/h9-13,19-20,26,33,35H,14-18H2,1-8H3,(H,30,32)/t19?,20-,26?/m0/s1. The van der Waals surface area contributed by atoms with Gasteiger partial charge in [0.1, 0.15) is 17.9 Å². The van der Waals surface area contributed by atoms with Crippen LogP contribution in [0.3, 0.4) is 0 Å². The lowest BCUT2D eigenvalue weighted by atomic mass is 9.79. The summed E-state index contributed by atoms with van der Waals surface area (Å²) in [5.41, 5.74) is 1.10. The number of sulfonamides is 1. The highest BCUT2D eigenvalue weighted by atomic mass is 32.2. The van der Waals surface area contributed by atoms with E-state index in [9.17, 15) is 13.5 Å². The topological polar surface area (TPSA) is 107 Å². The Labute approximate surface area is 228 Å². The zero-order chi connectivity index (χ0) is 28.1. The molecule has 8 nitrogen and oxygen atoms in total. The fourth-order valence-corrected chi connectivity index (χ4v) is 7.00. The van der Waals surface area contributed by atoms with Crippen molar-refractivity contribution < 1.29 is 13.5 Å². The van der Waals surface area contributed by atoms with Crippen LogP contribution in [-0.4, -0.2) is 42.1 Å². The smallest absolute Gasteiger partial charge is 0.260 e. The van der Waals surface area contributed by atoms with Crippen LogP contribution in [0.25, 0.3) is 0 Å². The number of hydrogen-bond donors (Lipinski definition) is 3. The van der Waals surface area contributed by atoms with Gasteiger partial charge in [0.2, 0.25) is 0 Å². The number of hydrogen-bond acceptors (Lipinski definition) is 7. The molecular weight excluding hydrogens is 498 g/mol. The van der Waals surface area contributed by atoms with Gasteiger partial charge in [-0.05, 0) is 74.6 Å². The number of nitrogens with one attached hydrogen (secondary N) is 2. The number of pyridine rings is 2. The summed E-state index contributed by atoms with van der Waals surface area (Å²) < 4.78 is 29.0. The van der Waals surface area contributed by atoms with E-state index in [4.69, 9.17) is 4.98 Å². The molecule has 2 aliphatic rings. The molecule has 4 heterocycles. The van der Waals surface area contributed by atoms with Gasteiger partial charge in [-0.2, -0.15) is 4.72 Å². The van der Waals surface area contributed by atoms with Crippen LogP contribution in [-0.2, 0) is 15.4 Å². The van der Waals surface area contributed by atoms with E-state index < -0.39 is 16.3 Å². The van der Waals surface area contributed by atoms with Crippen LogP contribution in [0.2, 0.25) is 0 Å². The highest BCUT2D eigenvalue weighted by Gasteiger charge is 2.42. The van der Waals surface area contributed by atoms with E-state index in [1.165, 1.54) is 6.07 Å². The molecule has 210 valence electrons. The molecule has 0 aliphatic carbocycles. The molecule has 4 rings (SSSR count). The van der Waals surface area contributed by atoms with Gasteiger partial charge in [0.05, 0.1) is 0 Å². The van der Waals surface area contributed by atoms with Gasteiger partial charge in [0.25, 0.3) is 10.0 Å². The fraction of sp³-hybridized carbons (Fsp3) is 0.655. The SMILES string of the molecule is CC(C)(C)CC1CNc2cccc(n2)S(=O)(=O)NC(O)c2ccc(C(C)(C)C)nc2N2C[C@@H](C1)CC2(C)C. The van der Waals surface area contributed by atoms with Gasteiger partial charge in [-0.15, -0.1) is 0 Å². The molecule has 0 spiro atoms. The monoisotopic (exact) mass is 543 g/mol. The largest absolute Gasteiger partial charge is 0.373 e. The number of aliphatic hydroxyl groups excluding tert-OH is 1. The lowest BCUT2D eigenvalue weighted by molar-refractivity contribution is 0.166. The van der Waals surface area contributed by atoms with E-state index in [1.54, 1.807) is 12.1 Å². The van der Waals surface area contributed by atoms with Gasteiger partial charge in [-0.1, -0.05) is 47.6 Å². The Bertz CT molecular complexity index is 1260. The number of rotatable bonds is 1. The Kier molecular flexibility index (Phi) is 7.62. The maximum atomic E-state index is 13.3. The number of aliphatic hydroxyl groups is 1. The number of nitrogens with zero attached hydrogens (tertiary/aromatic N) is 3. The average molecular weight is 544 g/mol. The quantitative estimate of drug-likeness (QED) is 0.453. The molecular formula is C29H45N5O3S. The molecule has 3 N–H and O–H groups in total. The maximum Gasteiger partial charge on any atom is 0.260 e. The number of anilines is 2. The molecule has 2 aromatic heterocycles. The fourth-order valence-electron chi connectivity index (χ4n) is 5.98. The van der Waals surface area contributed by atoms with E-state index in [0.29, 0.717) is 35.6 Å². The predicted octanol–water partition coefficient (Wildman–Crippen LogP) is 5.22. The van der Waals surface area contributed by atoms with Crippen molar-refractivity contribution in [3.05, 3.63) is 41.6 Å². The van der Waals surface area contributed by atoms with Crippen LogP contribution in [0, 0.1) is 17.3 Å². The van der Waals surface area contributed by atoms with Gasteiger partial charge in [0, 0.05) is 35.3 Å². The molecule has 0 amide bonds. The van der Waals surface area contributed by atoms with E-state index in [2.05, 4.69) is 75.3 Å². The Morgan fingerprint density at radius 1 is 1.08 bits per heavy atom. The first kappa shape index (κ1) is 28.8. The van der Waals surface area contributed by atoms with Gasteiger partial charge in [-0.25, -0.2) is 18.4 Å². The van der Waals surface area contributed by atoms with Crippen molar-refractivity contribution in [2.75, 3.05) is 23.3 Å². The van der Waals surface area contributed by atoms with Crippen LogP contribution in [0.1, 0.15) is 92.1 Å². The summed E-state index contributed by atoms with van der Waals surface area (Å²) in [5, 5.41) is 14.5. The Hall–Kier alpha value is -2.23. The van der Waals surface area contributed by atoms with Crippen molar-refractivity contribution in [3.8, 4) is 0 Å². The van der Waals surface area contributed by atoms with Crippen LogP contribution >= 0.6 is 0 Å².